The molecule has 9 heteroatoms. The fraction of sp³-hybridized carbons (Fsp3) is 0.474. The molecule has 3 amide bonds. The lowest BCUT2D eigenvalue weighted by atomic mass is 9.81. The van der Waals surface area contributed by atoms with Gasteiger partial charge in [0.25, 0.3) is 5.91 Å². The second-order valence-electron chi connectivity index (χ2n) is 6.91. The number of fused-ring (bicyclic) bond motifs is 1. The molecule has 7 nitrogen and oxygen atoms in total. The van der Waals surface area contributed by atoms with Crippen molar-refractivity contribution in [1.29, 1.82) is 0 Å². The van der Waals surface area contributed by atoms with E-state index in [0.29, 0.717) is 12.8 Å². The number of nitrogens with zero attached hydrogens (tertiary/aromatic N) is 1. The van der Waals surface area contributed by atoms with Crippen molar-refractivity contribution < 1.29 is 28.3 Å². The van der Waals surface area contributed by atoms with E-state index >= 15 is 0 Å². The van der Waals surface area contributed by atoms with Crippen LogP contribution >= 0.6 is 11.6 Å². The van der Waals surface area contributed by atoms with Crippen molar-refractivity contribution in [3.63, 3.8) is 0 Å². The van der Waals surface area contributed by atoms with E-state index in [1.807, 2.05) is 0 Å². The van der Waals surface area contributed by atoms with E-state index in [9.17, 15) is 23.6 Å². The standard InChI is InChI=1S/C19H20ClFN2O5/c20-14-9-11(21)5-6-15(14)22-16(24)10-28-17(25)7-8-23-18(26)12-3-1-2-4-13(12)19(23)27/h5-6,9,12-13H,1-4,7-8,10H2,(H,22,24)/t12-,13+. The molecule has 1 saturated carbocycles. The number of carbonyl (C=O) groups excluding carboxylic acids is 4. The topological polar surface area (TPSA) is 92.8 Å². The van der Waals surface area contributed by atoms with Gasteiger partial charge >= 0.3 is 5.97 Å². The fourth-order valence-corrected chi connectivity index (χ4v) is 3.86. The molecule has 0 unspecified atom stereocenters. The van der Waals surface area contributed by atoms with Crippen LogP contribution in [0.5, 0.6) is 0 Å². The first kappa shape index (κ1) is 20.3. The van der Waals surface area contributed by atoms with Gasteiger partial charge in [-0.15, -0.1) is 0 Å². The summed E-state index contributed by atoms with van der Waals surface area (Å²) in [6, 6.07) is 3.47. The average Bonchev–Trinajstić information content (AvgIpc) is 2.91. The molecule has 2 aliphatic rings. The Morgan fingerprint density at radius 2 is 1.82 bits per heavy atom. The summed E-state index contributed by atoms with van der Waals surface area (Å²) in [6.45, 7) is -0.603. The van der Waals surface area contributed by atoms with Crippen LogP contribution in [0, 0.1) is 17.7 Å². The summed E-state index contributed by atoms with van der Waals surface area (Å²) in [7, 11) is 0. The highest BCUT2D eigenvalue weighted by Gasteiger charge is 2.47. The van der Waals surface area contributed by atoms with E-state index in [4.69, 9.17) is 16.3 Å². The van der Waals surface area contributed by atoms with Crippen LogP contribution in [0.4, 0.5) is 10.1 Å². The maximum absolute atomic E-state index is 13.0. The van der Waals surface area contributed by atoms with Gasteiger partial charge in [-0.25, -0.2) is 4.39 Å². The number of halogens is 2. The zero-order chi connectivity index (χ0) is 20.3. The number of rotatable bonds is 6. The summed E-state index contributed by atoms with van der Waals surface area (Å²) >= 11 is 5.81. The first-order chi connectivity index (χ1) is 13.4. The van der Waals surface area contributed by atoms with Gasteiger partial charge in [0, 0.05) is 6.54 Å². The number of ether oxygens (including phenoxy) is 1. The molecule has 0 aromatic heterocycles. The molecule has 150 valence electrons. The SMILES string of the molecule is O=C(COC(=O)CCN1C(=O)[C@H]2CCCC[C@H]2C1=O)Nc1ccc(F)cc1Cl. The molecule has 0 radical (unpaired) electrons. The summed E-state index contributed by atoms with van der Waals surface area (Å²) in [5.41, 5.74) is 0.194. The number of anilines is 1. The average molecular weight is 411 g/mol. The summed E-state index contributed by atoms with van der Waals surface area (Å²) in [4.78, 5) is 49.5. The van der Waals surface area contributed by atoms with Crippen LogP contribution in [0.25, 0.3) is 0 Å². The number of hydrogen-bond acceptors (Lipinski definition) is 5. The fourth-order valence-electron chi connectivity index (χ4n) is 3.65. The monoisotopic (exact) mass is 410 g/mol. The first-order valence-electron chi connectivity index (χ1n) is 9.12. The molecule has 1 aromatic rings. The quantitative estimate of drug-likeness (QED) is 0.574. The molecule has 1 aliphatic carbocycles. The highest BCUT2D eigenvalue weighted by molar-refractivity contribution is 6.33. The minimum Gasteiger partial charge on any atom is -0.456 e. The van der Waals surface area contributed by atoms with Crippen LogP contribution in [-0.4, -0.2) is 41.7 Å². The van der Waals surface area contributed by atoms with Crippen molar-refractivity contribution in [3.8, 4) is 0 Å². The molecule has 3 rings (SSSR count). The van der Waals surface area contributed by atoms with Gasteiger partial charge in [-0.05, 0) is 31.0 Å². The molecule has 1 N–H and O–H groups in total. The molecule has 1 heterocycles. The molecule has 0 bridgehead atoms. The van der Waals surface area contributed by atoms with Gasteiger partial charge < -0.3 is 10.1 Å². The van der Waals surface area contributed by atoms with Gasteiger partial charge in [0.1, 0.15) is 5.82 Å². The highest BCUT2D eigenvalue weighted by Crippen LogP contribution is 2.37. The van der Waals surface area contributed by atoms with Crippen molar-refractivity contribution in [2.24, 2.45) is 11.8 Å². The van der Waals surface area contributed by atoms with Crippen LogP contribution in [0.2, 0.25) is 5.02 Å². The number of esters is 1. The third-order valence-corrected chi connectivity index (χ3v) is 5.35. The zero-order valence-corrected chi connectivity index (χ0v) is 15.8. The summed E-state index contributed by atoms with van der Waals surface area (Å²) in [5, 5.41) is 2.43. The number of benzene rings is 1. The molecule has 28 heavy (non-hydrogen) atoms. The number of hydrogen-bond donors (Lipinski definition) is 1. The molecule has 1 aromatic carbocycles. The highest BCUT2D eigenvalue weighted by atomic mass is 35.5. The lowest BCUT2D eigenvalue weighted by Gasteiger charge is -2.19. The van der Waals surface area contributed by atoms with Crippen molar-refractivity contribution in [1.82, 2.24) is 4.90 Å². The maximum Gasteiger partial charge on any atom is 0.308 e. The molecule has 1 aliphatic heterocycles. The van der Waals surface area contributed by atoms with Crippen LogP contribution in [-0.2, 0) is 23.9 Å². The van der Waals surface area contributed by atoms with Crippen molar-refractivity contribution >= 4 is 41.0 Å². The van der Waals surface area contributed by atoms with E-state index in [2.05, 4.69) is 5.32 Å². The Morgan fingerprint density at radius 3 is 2.43 bits per heavy atom. The van der Waals surface area contributed by atoms with Gasteiger partial charge in [0.2, 0.25) is 11.8 Å². The Hall–Kier alpha value is -2.48. The smallest absolute Gasteiger partial charge is 0.308 e. The van der Waals surface area contributed by atoms with Gasteiger partial charge in [-0.2, -0.15) is 0 Å². The maximum atomic E-state index is 13.0. The van der Waals surface area contributed by atoms with Crippen LogP contribution in [0.1, 0.15) is 32.1 Å². The summed E-state index contributed by atoms with van der Waals surface area (Å²) < 4.78 is 17.9. The molecule has 0 spiro atoms. The third kappa shape index (κ3) is 4.49. The summed E-state index contributed by atoms with van der Waals surface area (Å²) in [5.74, 6) is -2.83. The van der Waals surface area contributed by atoms with E-state index in [1.165, 1.54) is 6.07 Å². The minimum atomic E-state index is -0.698. The van der Waals surface area contributed by atoms with E-state index in [0.717, 1.165) is 29.9 Å². The third-order valence-electron chi connectivity index (χ3n) is 5.04. The first-order valence-corrected chi connectivity index (χ1v) is 9.50. The Bertz CT molecular complexity index is 792. The Labute approximate surface area is 166 Å². The van der Waals surface area contributed by atoms with Crippen LogP contribution in [0.15, 0.2) is 18.2 Å². The molecular weight excluding hydrogens is 391 g/mol. The predicted molar refractivity (Wildman–Crippen MR) is 97.8 cm³/mol. The normalized spacial score (nSPS) is 21.4. The van der Waals surface area contributed by atoms with Gasteiger partial charge in [-0.1, -0.05) is 24.4 Å². The Kier molecular flexibility index (Phi) is 6.28. The number of nitrogens with one attached hydrogen (secondary N) is 1. The number of likely N-dealkylation sites (tertiary alicyclic amines) is 1. The number of amides is 3. The molecule has 1 saturated heterocycles. The van der Waals surface area contributed by atoms with Crippen molar-refractivity contribution in [2.75, 3.05) is 18.5 Å². The van der Waals surface area contributed by atoms with E-state index in [-0.39, 0.29) is 47.3 Å². The molecular formula is C19H20ClFN2O5. The van der Waals surface area contributed by atoms with Crippen molar-refractivity contribution in [2.45, 2.75) is 32.1 Å². The number of carbonyl (C=O) groups is 4. The molecule has 2 fully saturated rings. The van der Waals surface area contributed by atoms with E-state index < -0.39 is 24.3 Å². The minimum absolute atomic E-state index is 0.0206. The zero-order valence-electron chi connectivity index (χ0n) is 15.1. The summed E-state index contributed by atoms with van der Waals surface area (Å²) in [6.07, 6.45) is 3.11. The van der Waals surface area contributed by atoms with Crippen LogP contribution in [0.3, 0.4) is 0 Å². The largest absolute Gasteiger partial charge is 0.456 e. The molecule has 2 atom stereocenters. The Morgan fingerprint density at radius 1 is 1.18 bits per heavy atom. The lowest BCUT2D eigenvalue weighted by molar-refractivity contribution is -0.148. The van der Waals surface area contributed by atoms with Crippen molar-refractivity contribution in [3.05, 3.63) is 29.0 Å². The lowest BCUT2D eigenvalue weighted by Crippen LogP contribution is -2.33. The van der Waals surface area contributed by atoms with Crippen LogP contribution < -0.4 is 5.32 Å². The second kappa shape index (κ2) is 8.68. The Balaban J connectivity index is 1.44. The predicted octanol–water partition coefficient (Wildman–Crippen LogP) is 2.53. The van der Waals surface area contributed by atoms with Gasteiger partial charge in [0.05, 0.1) is 29.0 Å². The van der Waals surface area contributed by atoms with E-state index in [1.54, 1.807) is 0 Å². The van der Waals surface area contributed by atoms with Gasteiger partial charge in [-0.3, -0.25) is 24.1 Å². The van der Waals surface area contributed by atoms with Gasteiger partial charge in [0.15, 0.2) is 6.61 Å². The number of imide groups is 1. The second-order valence-corrected chi connectivity index (χ2v) is 7.32.